The maximum Gasteiger partial charge on any atom is 0.143 e. The number of H-pyrrole nitrogens is 1. The zero-order valence-electron chi connectivity index (χ0n) is 14.3. The number of aromatic amines is 1. The van der Waals surface area contributed by atoms with Gasteiger partial charge in [0.15, 0.2) is 0 Å². The number of hydrogen-bond donors (Lipinski definition) is 1. The molecule has 0 aliphatic rings. The molecule has 0 radical (unpaired) electrons. The predicted molar refractivity (Wildman–Crippen MR) is 108 cm³/mol. The van der Waals surface area contributed by atoms with Crippen molar-refractivity contribution in [2.45, 2.75) is 0 Å². The lowest BCUT2D eigenvalue weighted by atomic mass is 10.0. The highest BCUT2D eigenvalue weighted by Crippen LogP contribution is 2.37. The second kappa shape index (κ2) is 5.21. The molecule has 0 bridgehead atoms. The number of benzene rings is 4. The van der Waals surface area contributed by atoms with E-state index in [0.717, 1.165) is 54.9 Å². The standard InChI is InChI=1S/C24H14FNO/c25-15-9-10-17-20-12-14(8-11-21(20)26-22(17)13-15)16-5-3-6-19-18-4-1-2-7-23(18)27-24(16)19/h1-13,26H. The van der Waals surface area contributed by atoms with Gasteiger partial charge in [0.25, 0.3) is 0 Å². The number of halogens is 1. The van der Waals surface area contributed by atoms with Crippen molar-refractivity contribution in [2.75, 3.05) is 0 Å². The molecule has 3 heteroatoms. The van der Waals surface area contributed by atoms with Crippen molar-refractivity contribution in [3.05, 3.63) is 84.7 Å². The molecular weight excluding hydrogens is 337 g/mol. The van der Waals surface area contributed by atoms with Crippen LogP contribution >= 0.6 is 0 Å². The summed E-state index contributed by atoms with van der Waals surface area (Å²) >= 11 is 0. The fraction of sp³-hybridized carbons (Fsp3) is 0. The second-order valence-electron chi connectivity index (χ2n) is 6.86. The molecule has 0 amide bonds. The Kier molecular flexibility index (Phi) is 2.81. The molecule has 0 unspecified atom stereocenters. The lowest BCUT2D eigenvalue weighted by molar-refractivity contribution is 0.629. The predicted octanol–water partition coefficient (Wildman–Crippen LogP) is 7.03. The van der Waals surface area contributed by atoms with E-state index in [1.54, 1.807) is 0 Å². The van der Waals surface area contributed by atoms with E-state index in [-0.39, 0.29) is 5.82 Å². The molecule has 0 saturated carbocycles. The van der Waals surface area contributed by atoms with Crippen molar-refractivity contribution in [1.82, 2.24) is 4.98 Å². The molecule has 27 heavy (non-hydrogen) atoms. The van der Waals surface area contributed by atoms with Gasteiger partial charge < -0.3 is 9.40 Å². The minimum absolute atomic E-state index is 0.235. The fourth-order valence-corrected chi connectivity index (χ4v) is 4.02. The first-order chi connectivity index (χ1) is 13.3. The van der Waals surface area contributed by atoms with Gasteiger partial charge in [-0.2, -0.15) is 0 Å². The van der Waals surface area contributed by atoms with E-state index in [2.05, 4.69) is 41.4 Å². The molecule has 6 rings (SSSR count). The first-order valence-electron chi connectivity index (χ1n) is 8.89. The van der Waals surface area contributed by atoms with Crippen LogP contribution in [0, 0.1) is 5.82 Å². The summed E-state index contributed by atoms with van der Waals surface area (Å²) in [7, 11) is 0. The first-order valence-corrected chi connectivity index (χ1v) is 8.89. The Morgan fingerprint density at radius 2 is 1.56 bits per heavy atom. The van der Waals surface area contributed by atoms with Crippen LogP contribution in [0.25, 0.3) is 54.9 Å². The van der Waals surface area contributed by atoms with E-state index in [1.165, 1.54) is 12.1 Å². The first kappa shape index (κ1) is 14.6. The third kappa shape index (κ3) is 2.05. The molecule has 2 heterocycles. The van der Waals surface area contributed by atoms with Gasteiger partial charge in [-0.1, -0.05) is 42.5 Å². The molecule has 0 aliphatic carbocycles. The fourth-order valence-electron chi connectivity index (χ4n) is 4.02. The van der Waals surface area contributed by atoms with Crippen LogP contribution in [0.2, 0.25) is 0 Å². The molecule has 1 N–H and O–H groups in total. The van der Waals surface area contributed by atoms with Gasteiger partial charge in [-0.05, 0) is 42.0 Å². The average molecular weight is 351 g/mol. The number of nitrogens with one attached hydrogen (secondary N) is 1. The van der Waals surface area contributed by atoms with Crippen molar-refractivity contribution in [1.29, 1.82) is 0 Å². The smallest absolute Gasteiger partial charge is 0.143 e. The Bertz CT molecular complexity index is 1490. The third-order valence-corrected chi connectivity index (χ3v) is 5.28. The van der Waals surface area contributed by atoms with E-state index in [9.17, 15) is 4.39 Å². The van der Waals surface area contributed by atoms with Crippen molar-refractivity contribution >= 4 is 43.7 Å². The van der Waals surface area contributed by atoms with Crippen molar-refractivity contribution in [3.8, 4) is 11.1 Å². The Hall–Kier alpha value is -3.59. The van der Waals surface area contributed by atoms with Crippen LogP contribution in [0.1, 0.15) is 0 Å². The van der Waals surface area contributed by atoms with Gasteiger partial charge >= 0.3 is 0 Å². The molecule has 2 nitrogen and oxygen atoms in total. The van der Waals surface area contributed by atoms with Crippen LogP contribution in [0.4, 0.5) is 4.39 Å². The number of para-hydroxylation sites is 2. The van der Waals surface area contributed by atoms with Crippen LogP contribution in [-0.2, 0) is 0 Å². The lowest BCUT2D eigenvalue weighted by Gasteiger charge is -2.03. The molecular formula is C24H14FNO. The molecule has 0 aliphatic heterocycles. The lowest BCUT2D eigenvalue weighted by Crippen LogP contribution is -1.79. The van der Waals surface area contributed by atoms with Gasteiger partial charge in [0.1, 0.15) is 17.0 Å². The molecule has 6 aromatic rings. The molecule has 4 aromatic carbocycles. The van der Waals surface area contributed by atoms with E-state index in [4.69, 9.17) is 4.42 Å². The zero-order chi connectivity index (χ0) is 18.0. The van der Waals surface area contributed by atoms with Gasteiger partial charge in [0, 0.05) is 38.1 Å². The maximum absolute atomic E-state index is 13.6. The molecule has 128 valence electrons. The highest BCUT2D eigenvalue weighted by molar-refractivity contribution is 6.12. The van der Waals surface area contributed by atoms with Crippen molar-refractivity contribution in [2.24, 2.45) is 0 Å². The van der Waals surface area contributed by atoms with Gasteiger partial charge in [0.05, 0.1) is 0 Å². The highest BCUT2D eigenvalue weighted by atomic mass is 19.1. The normalized spacial score (nSPS) is 11.9. The molecule has 0 fully saturated rings. The Balaban J connectivity index is 1.66. The highest BCUT2D eigenvalue weighted by Gasteiger charge is 2.13. The summed E-state index contributed by atoms with van der Waals surface area (Å²) in [5.41, 5.74) is 5.73. The van der Waals surface area contributed by atoms with E-state index >= 15 is 0 Å². The van der Waals surface area contributed by atoms with Gasteiger partial charge in [-0.25, -0.2) is 4.39 Å². The van der Waals surface area contributed by atoms with E-state index in [0.29, 0.717) is 0 Å². The van der Waals surface area contributed by atoms with Gasteiger partial charge in [0.2, 0.25) is 0 Å². The molecule has 2 aromatic heterocycles. The van der Waals surface area contributed by atoms with Crippen LogP contribution in [0.15, 0.2) is 83.3 Å². The Morgan fingerprint density at radius 3 is 2.52 bits per heavy atom. The minimum atomic E-state index is -0.235. The van der Waals surface area contributed by atoms with Gasteiger partial charge in [-0.15, -0.1) is 0 Å². The van der Waals surface area contributed by atoms with Crippen LogP contribution in [-0.4, -0.2) is 4.98 Å². The summed E-state index contributed by atoms with van der Waals surface area (Å²) in [5, 5.41) is 4.34. The number of rotatable bonds is 1. The number of hydrogen-bond acceptors (Lipinski definition) is 1. The molecule has 0 spiro atoms. The maximum atomic E-state index is 13.6. The number of fused-ring (bicyclic) bond motifs is 6. The van der Waals surface area contributed by atoms with Crippen molar-refractivity contribution in [3.63, 3.8) is 0 Å². The summed E-state index contributed by atoms with van der Waals surface area (Å²) in [6.45, 7) is 0. The van der Waals surface area contributed by atoms with E-state index < -0.39 is 0 Å². The minimum Gasteiger partial charge on any atom is -0.455 e. The summed E-state index contributed by atoms with van der Waals surface area (Å²) in [5.74, 6) is -0.235. The van der Waals surface area contributed by atoms with Gasteiger partial charge in [-0.3, -0.25) is 0 Å². The van der Waals surface area contributed by atoms with E-state index in [1.807, 2.05) is 30.3 Å². The number of aromatic nitrogens is 1. The molecule has 0 atom stereocenters. The summed E-state index contributed by atoms with van der Waals surface area (Å²) < 4.78 is 19.7. The Morgan fingerprint density at radius 1 is 0.667 bits per heavy atom. The van der Waals surface area contributed by atoms with Crippen LogP contribution < -0.4 is 0 Å². The quantitative estimate of drug-likeness (QED) is 0.338. The largest absolute Gasteiger partial charge is 0.455 e. The summed E-state index contributed by atoms with van der Waals surface area (Å²) in [4.78, 5) is 3.29. The van der Waals surface area contributed by atoms with Crippen LogP contribution in [0.5, 0.6) is 0 Å². The third-order valence-electron chi connectivity index (χ3n) is 5.28. The van der Waals surface area contributed by atoms with Crippen molar-refractivity contribution < 1.29 is 8.81 Å². The average Bonchev–Trinajstić information content (AvgIpc) is 3.24. The topological polar surface area (TPSA) is 28.9 Å². The number of furan rings is 1. The SMILES string of the molecule is Fc1ccc2c(c1)[nH]c1ccc(-c3cccc4c3oc3ccccc34)cc12. The monoisotopic (exact) mass is 351 g/mol. The van der Waals surface area contributed by atoms with Crippen LogP contribution in [0.3, 0.4) is 0 Å². The summed E-state index contributed by atoms with van der Waals surface area (Å²) in [6, 6.07) is 25.5. The zero-order valence-corrected chi connectivity index (χ0v) is 14.3. The second-order valence-corrected chi connectivity index (χ2v) is 6.86. The summed E-state index contributed by atoms with van der Waals surface area (Å²) in [6.07, 6.45) is 0. The Labute approximate surface area is 153 Å². The molecule has 0 saturated heterocycles.